The molecule has 5 heteroatoms. The Morgan fingerprint density at radius 2 is 1.95 bits per heavy atom. The Kier molecular flexibility index (Phi) is 2.72. The van der Waals surface area contributed by atoms with Crippen LogP contribution >= 0.6 is 0 Å². The number of likely N-dealkylation sites (N-methyl/N-ethyl adjacent to an activating group) is 1. The van der Waals surface area contributed by atoms with E-state index >= 15 is 0 Å². The molecular formula is C14H12N4O. The minimum absolute atomic E-state index is 0.121. The summed E-state index contributed by atoms with van der Waals surface area (Å²) in [6.07, 6.45) is 1.67. The molecule has 1 aliphatic heterocycles. The average molecular weight is 252 g/mol. The van der Waals surface area contributed by atoms with Crippen LogP contribution in [0.2, 0.25) is 0 Å². The first-order valence-electron chi connectivity index (χ1n) is 5.89. The number of nitrogens with zero attached hydrogens (tertiary/aromatic N) is 3. The molecule has 1 aromatic heterocycles. The number of para-hydroxylation sites is 1. The van der Waals surface area contributed by atoms with Gasteiger partial charge in [-0.05, 0) is 18.2 Å². The number of rotatable bonds is 2. The van der Waals surface area contributed by atoms with Gasteiger partial charge < -0.3 is 4.90 Å². The number of carbonyl (C=O) groups is 1. The van der Waals surface area contributed by atoms with Crippen molar-refractivity contribution < 1.29 is 4.79 Å². The SMILES string of the molecule is CN1C(=O)/C(=N\Nc2ccccn2)c2ccccc21. The zero-order chi connectivity index (χ0) is 13.2. The summed E-state index contributed by atoms with van der Waals surface area (Å²) in [6.45, 7) is 0. The topological polar surface area (TPSA) is 57.6 Å². The second-order valence-electron chi connectivity index (χ2n) is 4.17. The molecule has 0 fully saturated rings. The Bertz CT molecular complexity index is 652. The highest BCUT2D eigenvalue weighted by Crippen LogP contribution is 2.27. The summed E-state index contributed by atoms with van der Waals surface area (Å²) in [5.41, 5.74) is 4.92. The molecule has 0 bridgehead atoms. The van der Waals surface area contributed by atoms with E-state index in [2.05, 4.69) is 15.5 Å². The fraction of sp³-hybridized carbons (Fsp3) is 0.0714. The Hall–Kier alpha value is -2.69. The first kappa shape index (κ1) is 11.4. The van der Waals surface area contributed by atoms with Crippen LogP contribution in [0, 0.1) is 0 Å². The molecule has 0 spiro atoms. The van der Waals surface area contributed by atoms with Gasteiger partial charge in [0.25, 0.3) is 5.91 Å². The van der Waals surface area contributed by atoms with Gasteiger partial charge in [0.05, 0.1) is 5.69 Å². The van der Waals surface area contributed by atoms with Crippen molar-refractivity contribution in [3.63, 3.8) is 0 Å². The number of aromatic nitrogens is 1. The predicted molar refractivity (Wildman–Crippen MR) is 74.2 cm³/mol. The smallest absolute Gasteiger partial charge is 0.279 e. The van der Waals surface area contributed by atoms with E-state index < -0.39 is 0 Å². The van der Waals surface area contributed by atoms with Gasteiger partial charge in [0, 0.05) is 18.8 Å². The van der Waals surface area contributed by atoms with Gasteiger partial charge in [-0.1, -0.05) is 24.3 Å². The van der Waals surface area contributed by atoms with E-state index in [0.29, 0.717) is 11.5 Å². The zero-order valence-corrected chi connectivity index (χ0v) is 10.4. The molecule has 3 rings (SSSR count). The second-order valence-corrected chi connectivity index (χ2v) is 4.17. The maximum Gasteiger partial charge on any atom is 0.279 e. The number of pyridine rings is 1. The van der Waals surface area contributed by atoms with Gasteiger partial charge in [-0.25, -0.2) is 4.98 Å². The number of hydrogen-bond acceptors (Lipinski definition) is 4. The number of amides is 1. The summed E-state index contributed by atoms with van der Waals surface area (Å²) >= 11 is 0. The van der Waals surface area contributed by atoms with Gasteiger partial charge in [-0.3, -0.25) is 10.2 Å². The summed E-state index contributed by atoms with van der Waals surface area (Å²) in [5, 5.41) is 4.18. The van der Waals surface area contributed by atoms with E-state index in [1.54, 1.807) is 24.2 Å². The van der Waals surface area contributed by atoms with Crippen LogP contribution in [0.1, 0.15) is 5.56 Å². The quantitative estimate of drug-likeness (QED) is 0.830. The predicted octanol–water partition coefficient (Wildman–Crippen LogP) is 1.87. The molecule has 1 amide bonds. The molecule has 1 N–H and O–H groups in total. The summed E-state index contributed by atoms with van der Waals surface area (Å²) in [4.78, 5) is 17.8. The molecular weight excluding hydrogens is 240 g/mol. The Morgan fingerprint density at radius 1 is 1.16 bits per heavy atom. The summed E-state index contributed by atoms with van der Waals surface area (Å²) in [6, 6.07) is 13.0. The van der Waals surface area contributed by atoms with E-state index in [4.69, 9.17) is 0 Å². The lowest BCUT2D eigenvalue weighted by atomic mass is 10.1. The van der Waals surface area contributed by atoms with Crippen molar-refractivity contribution in [1.29, 1.82) is 0 Å². The molecule has 5 nitrogen and oxygen atoms in total. The van der Waals surface area contributed by atoms with Gasteiger partial charge in [0.1, 0.15) is 5.82 Å². The highest BCUT2D eigenvalue weighted by Gasteiger charge is 2.31. The summed E-state index contributed by atoms with van der Waals surface area (Å²) < 4.78 is 0. The van der Waals surface area contributed by atoms with E-state index in [0.717, 1.165) is 11.3 Å². The molecule has 2 heterocycles. The lowest BCUT2D eigenvalue weighted by molar-refractivity contribution is -0.111. The second kappa shape index (κ2) is 4.53. The van der Waals surface area contributed by atoms with E-state index in [-0.39, 0.29) is 5.91 Å². The molecule has 0 saturated heterocycles. The molecule has 1 aliphatic rings. The van der Waals surface area contributed by atoms with E-state index in [9.17, 15) is 4.79 Å². The molecule has 0 aliphatic carbocycles. The third kappa shape index (κ3) is 1.95. The van der Waals surface area contributed by atoms with E-state index in [1.807, 2.05) is 36.4 Å². The third-order valence-corrected chi connectivity index (χ3v) is 2.97. The summed E-state index contributed by atoms with van der Waals surface area (Å²) in [5.74, 6) is 0.486. The van der Waals surface area contributed by atoms with Crippen molar-refractivity contribution >= 4 is 23.1 Å². The normalized spacial score (nSPS) is 15.7. The Labute approximate surface area is 110 Å². The van der Waals surface area contributed by atoms with Gasteiger partial charge in [-0.15, -0.1) is 0 Å². The van der Waals surface area contributed by atoms with Crippen LogP contribution in [0.5, 0.6) is 0 Å². The average Bonchev–Trinajstić information content (AvgIpc) is 2.71. The van der Waals surface area contributed by atoms with Crippen molar-refractivity contribution in [2.75, 3.05) is 17.4 Å². The van der Waals surface area contributed by atoms with Crippen LogP contribution in [-0.2, 0) is 4.79 Å². The lowest BCUT2D eigenvalue weighted by Gasteiger charge is -2.07. The van der Waals surface area contributed by atoms with Crippen molar-refractivity contribution in [3.05, 3.63) is 54.2 Å². The minimum atomic E-state index is -0.121. The fourth-order valence-electron chi connectivity index (χ4n) is 2.00. The van der Waals surface area contributed by atoms with Crippen LogP contribution in [0.4, 0.5) is 11.5 Å². The molecule has 1 aromatic carbocycles. The molecule has 19 heavy (non-hydrogen) atoms. The monoisotopic (exact) mass is 252 g/mol. The number of hydrazone groups is 1. The van der Waals surface area contributed by atoms with Crippen LogP contribution < -0.4 is 10.3 Å². The minimum Gasteiger partial charge on any atom is -0.309 e. The highest BCUT2D eigenvalue weighted by molar-refractivity contribution is 6.54. The van der Waals surface area contributed by atoms with Gasteiger partial charge in [0.2, 0.25) is 0 Å². The Morgan fingerprint density at radius 3 is 2.74 bits per heavy atom. The standard InChI is InChI=1S/C14H12N4O/c1-18-11-7-3-2-6-10(11)13(14(18)19)17-16-12-8-4-5-9-15-12/h2-9H,1H3,(H,15,16)/b17-13-. The van der Waals surface area contributed by atoms with Gasteiger partial charge >= 0.3 is 0 Å². The third-order valence-electron chi connectivity index (χ3n) is 2.97. The van der Waals surface area contributed by atoms with Crippen LogP contribution in [0.25, 0.3) is 0 Å². The van der Waals surface area contributed by atoms with Crippen LogP contribution in [-0.4, -0.2) is 23.7 Å². The Balaban J connectivity index is 1.95. The van der Waals surface area contributed by atoms with Crippen molar-refractivity contribution in [2.45, 2.75) is 0 Å². The van der Waals surface area contributed by atoms with Gasteiger partial charge in [0.15, 0.2) is 5.71 Å². The number of nitrogens with one attached hydrogen (secondary N) is 1. The van der Waals surface area contributed by atoms with E-state index in [1.165, 1.54) is 0 Å². The molecule has 0 unspecified atom stereocenters. The highest BCUT2D eigenvalue weighted by atomic mass is 16.2. The molecule has 0 atom stereocenters. The maximum atomic E-state index is 12.1. The van der Waals surface area contributed by atoms with Crippen molar-refractivity contribution in [3.8, 4) is 0 Å². The number of carbonyl (C=O) groups excluding carboxylic acids is 1. The maximum absolute atomic E-state index is 12.1. The van der Waals surface area contributed by atoms with Gasteiger partial charge in [-0.2, -0.15) is 5.10 Å². The van der Waals surface area contributed by atoms with Crippen molar-refractivity contribution in [1.82, 2.24) is 4.98 Å². The largest absolute Gasteiger partial charge is 0.309 e. The molecule has 0 radical (unpaired) electrons. The zero-order valence-electron chi connectivity index (χ0n) is 10.4. The summed E-state index contributed by atoms with van der Waals surface area (Å²) in [7, 11) is 1.74. The van der Waals surface area contributed by atoms with Crippen molar-refractivity contribution in [2.24, 2.45) is 5.10 Å². The van der Waals surface area contributed by atoms with Crippen LogP contribution in [0.3, 0.4) is 0 Å². The number of anilines is 2. The number of benzene rings is 1. The number of fused-ring (bicyclic) bond motifs is 1. The first-order valence-corrected chi connectivity index (χ1v) is 5.89. The number of hydrogen-bond donors (Lipinski definition) is 1. The first-order chi connectivity index (χ1) is 9.27. The fourth-order valence-corrected chi connectivity index (χ4v) is 2.00. The van der Waals surface area contributed by atoms with Crippen LogP contribution in [0.15, 0.2) is 53.8 Å². The lowest BCUT2D eigenvalue weighted by Crippen LogP contribution is -2.26. The molecule has 2 aromatic rings. The molecule has 94 valence electrons. The molecule has 0 saturated carbocycles.